The summed E-state index contributed by atoms with van der Waals surface area (Å²) >= 11 is 6.10. The monoisotopic (exact) mass is 423 g/mol. The lowest BCUT2D eigenvalue weighted by Crippen LogP contribution is -2.23. The molecule has 0 aliphatic carbocycles. The van der Waals surface area contributed by atoms with Crippen LogP contribution in [0, 0.1) is 6.92 Å². The molecule has 0 saturated carbocycles. The third-order valence-corrected chi connectivity index (χ3v) is 4.80. The van der Waals surface area contributed by atoms with E-state index in [1.165, 1.54) is 7.11 Å². The average Bonchev–Trinajstić information content (AvgIpc) is 2.75. The SMILES string of the molecule is COc1cc(Cl)c(C)cc1NC(=O)CNc1ccccc1C(=O)Nc1ccccc1. The summed E-state index contributed by atoms with van der Waals surface area (Å²) in [5.74, 6) is -0.0745. The van der Waals surface area contributed by atoms with Crippen LogP contribution in [0.1, 0.15) is 15.9 Å². The summed E-state index contributed by atoms with van der Waals surface area (Å²) in [6.07, 6.45) is 0. The highest BCUT2D eigenvalue weighted by Crippen LogP contribution is 2.30. The number of carbonyl (C=O) groups is 2. The van der Waals surface area contributed by atoms with Crippen LogP contribution >= 0.6 is 11.6 Å². The minimum atomic E-state index is -0.284. The van der Waals surface area contributed by atoms with E-state index < -0.39 is 0 Å². The van der Waals surface area contributed by atoms with E-state index in [4.69, 9.17) is 16.3 Å². The Kier molecular flexibility index (Phi) is 6.93. The first-order valence-corrected chi connectivity index (χ1v) is 9.69. The molecule has 0 radical (unpaired) electrons. The molecule has 6 nitrogen and oxygen atoms in total. The predicted octanol–water partition coefficient (Wildman–Crippen LogP) is 4.96. The van der Waals surface area contributed by atoms with Gasteiger partial charge in [0.25, 0.3) is 5.91 Å². The summed E-state index contributed by atoms with van der Waals surface area (Å²) in [6, 6.07) is 19.6. The van der Waals surface area contributed by atoms with Gasteiger partial charge in [0.2, 0.25) is 5.91 Å². The number of rotatable bonds is 7. The fourth-order valence-electron chi connectivity index (χ4n) is 2.85. The summed E-state index contributed by atoms with van der Waals surface area (Å²) < 4.78 is 5.28. The molecule has 0 spiro atoms. The Morgan fingerprint density at radius 2 is 1.63 bits per heavy atom. The van der Waals surface area contributed by atoms with E-state index in [0.717, 1.165) is 5.56 Å². The van der Waals surface area contributed by atoms with E-state index in [2.05, 4.69) is 16.0 Å². The third kappa shape index (κ3) is 5.30. The molecule has 0 atom stereocenters. The van der Waals surface area contributed by atoms with Crippen molar-refractivity contribution in [3.63, 3.8) is 0 Å². The molecule has 0 unspecified atom stereocenters. The normalized spacial score (nSPS) is 10.2. The van der Waals surface area contributed by atoms with Crippen LogP contribution in [0.25, 0.3) is 0 Å². The highest BCUT2D eigenvalue weighted by atomic mass is 35.5. The van der Waals surface area contributed by atoms with E-state index >= 15 is 0 Å². The molecule has 3 aromatic rings. The Labute approximate surface area is 180 Å². The van der Waals surface area contributed by atoms with Crippen molar-refractivity contribution in [1.82, 2.24) is 0 Å². The number of carbonyl (C=O) groups excluding carboxylic acids is 2. The maximum atomic E-state index is 12.6. The Bertz CT molecular complexity index is 1050. The zero-order valence-electron chi connectivity index (χ0n) is 16.7. The van der Waals surface area contributed by atoms with E-state index in [1.54, 1.807) is 36.4 Å². The molecule has 0 aromatic heterocycles. The molecule has 2 amide bonds. The Hall–Kier alpha value is -3.51. The van der Waals surface area contributed by atoms with Gasteiger partial charge in [0.1, 0.15) is 5.75 Å². The van der Waals surface area contributed by atoms with Gasteiger partial charge in [-0.25, -0.2) is 0 Å². The van der Waals surface area contributed by atoms with Crippen LogP contribution in [0.15, 0.2) is 66.7 Å². The first kappa shape index (κ1) is 21.2. The highest BCUT2D eigenvalue weighted by Gasteiger charge is 2.14. The number of hydrogen-bond acceptors (Lipinski definition) is 4. The van der Waals surface area contributed by atoms with Crippen LogP contribution < -0.4 is 20.7 Å². The number of anilines is 3. The first-order valence-electron chi connectivity index (χ1n) is 9.31. The number of hydrogen-bond donors (Lipinski definition) is 3. The van der Waals surface area contributed by atoms with Crippen LogP contribution in [0.3, 0.4) is 0 Å². The van der Waals surface area contributed by atoms with Gasteiger partial charge in [0.05, 0.1) is 24.9 Å². The zero-order chi connectivity index (χ0) is 21.5. The second kappa shape index (κ2) is 9.80. The number of amides is 2. The smallest absolute Gasteiger partial charge is 0.257 e. The number of aryl methyl sites for hydroxylation is 1. The minimum absolute atomic E-state index is 0.0273. The van der Waals surface area contributed by atoms with E-state index in [-0.39, 0.29) is 18.4 Å². The number of methoxy groups -OCH3 is 1. The molecule has 0 saturated heterocycles. The summed E-state index contributed by atoms with van der Waals surface area (Å²) in [5, 5.41) is 9.23. The number of benzene rings is 3. The standard InChI is InChI=1S/C23H22ClN3O3/c1-15-12-20(21(30-2)13-18(15)24)27-22(28)14-25-19-11-7-6-10-17(19)23(29)26-16-8-4-3-5-9-16/h3-13,25H,14H2,1-2H3,(H,26,29)(H,27,28). The number of para-hydroxylation sites is 2. The van der Waals surface area contributed by atoms with Crippen LogP contribution in [0.2, 0.25) is 5.02 Å². The molecule has 3 rings (SSSR count). The minimum Gasteiger partial charge on any atom is -0.495 e. The van der Waals surface area contributed by atoms with E-state index in [0.29, 0.717) is 33.4 Å². The first-order chi connectivity index (χ1) is 14.5. The van der Waals surface area contributed by atoms with Gasteiger partial charge in [-0.15, -0.1) is 0 Å². The number of halogens is 1. The highest BCUT2D eigenvalue weighted by molar-refractivity contribution is 6.31. The molecule has 154 valence electrons. The predicted molar refractivity (Wildman–Crippen MR) is 121 cm³/mol. The van der Waals surface area contributed by atoms with E-state index in [1.807, 2.05) is 37.3 Å². The van der Waals surface area contributed by atoms with Gasteiger partial charge in [-0.2, -0.15) is 0 Å². The van der Waals surface area contributed by atoms with Crippen molar-refractivity contribution in [2.24, 2.45) is 0 Å². The summed E-state index contributed by atoms with van der Waals surface area (Å²) in [4.78, 5) is 25.1. The van der Waals surface area contributed by atoms with Crippen molar-refractivity contribution in [3.05, 3.63) is 82.9 Å². The van der Waals surface area contributed by atoms with Gasteiger partial charge in [0.15, 0.2) is 0 Å². The maximum Gasteiger partial charge on any atom is 0.257 e. The second-order valence-electron chi connectivity index (χ2n) is 6.57. The van der Waals surface area contributed by atoms with Crippen molar-refractivity contribution >= 4 is 40.5 Å². The zero-order valence-corrected chi connectivity index (χ0v) is 17.4. The molecule has 3 N–H and O–H groups in total. The van der Waals surface area contributed by atoms with Gasteiger partial charge < -0.3 is 20.7 Å². The molecule has 7 heteroatoms. The quantitative estimate of drug-likeness (QED) is 0.501. The molecule has 0 aliphatic rings. The van der Waals surface area contributed by atoms with Gasteiger partial charge in [0, 0.05) is 22.5 Å². The van der Waals surface area contributed by atoms with Crippen LogP contribution in [-0.2, 0) is 4.79 Å². The average molecular weight is 424 g/mol. The van der Waals surface area contributed by atoms with E-state index in [9.17, 15) is 9.59 Å². The van der Waals surface area contributed by atoms with Crippen molar-refractivity contribution < 1.29 is 14.3 Å². The lowest BCUT2D eigenvalue weighted by atomic mass is 10.1. The Morgan fingerprint density at radius 3 is 2.37 bits per heavy atom. The van der Waals surface area contributed by atoms with Crippen LogP contribution in [0.5, 0.6) is 5.75 Å². The van der Waals surface area contributed by atoms with Crippen molar-refractivity contribution in [3.8, 4) is 5.75 Å². The van der Waals surface area contributed by atoms with Gasteiger partial charge >= 0.3 is 0 Å². The van der Waals surface area contributed by atoms with Crippen molar-refractivity contribution in [2.45, 2.75) is 6.92 Å². The largest absolute Gasteiger partial charge is 0.495 e. The fraction of sp³-hybridized carbons (Fsp3) is 0.130. The van der Waals surface area contributed by atoms with Gasteiger partial charge in [-0.1, -0.05) is 41.9 Å². The maximum absolute atomic E-state index is 12.6. The lowest BCUT2D eigenvalue weighted by Gasteiger charge is -2.14. The van der Waals surface area contributed by atoms with Gasteiger partial charge in [-0.3, -0.25) is 9.59 Å². The Morgan fingerprint density at radius 1 is 0.933 bits per heavy atom. The molecule has 30 heavy (non-hydrogen) atoms. The molecular formula is C23H22ClN3O3. The Balaban J connectivity index is 1.67. The lowest BCUT2D eigenvalue weighted by molar-refractivity contribution is -0.114. The molecule has 0 heterocycles. The number of ether oxygens (including phenoxy) is 1. The molecular weight excluding hydrogens is 402 g/mol. The summed E-state index contributed by atoms with van der Waals surface area (Å²) in [7, 11) is 1.51. The molecule has 3 aromatic carbocycles. The summed E-state index contributed by atoms with van der Waals surface area (Å²) in [6.45, 7) is 1.82. The third-order valence-electron chi connectivity index (χ3n) is 4.40. The molecule has 0 aliphatic heterocycles. The molecule has 0 bridgehead atoms. The summed E-state index contributed by atoms with van der Waals surface area (Å²) in [5.41, 5.74) is 3.04. The van der Waals surface area contributed by atoms with Crippen molar-refractivity contribution in [1.29, 1.82) is 0 Å². The van der Waals surface area contributed by atoms with Crippen LogP contribution in [0.4, 0.5) is 17.1 Å². The topological polar surface area (TPSA) is 79.5 Å². The van der Waals surface area contributed by atoms with Gasteiger partial charge in [-0.05, 0) is 42.8 Å². The molecule has 0 fully saturated rings. The van der Waals surface area contributed by atoms with Crippen molar-refractivity contribution in [2.75, 3.05) is 29.6 Å². The number of nitrogens with one attached hydrogen (secondary N) is 3. The fourth-order valence-corrected chi connectivity index (χ4v) is 3.01. The van der Waals surface area contributed by atoms with Crippen LogP contribution in [-0.4, -0.2) is 25.5 Å². The second-order valence-corrected chi connectivity index (χ2v) is 6.98.